The number of fused-ring (bicyclic) bond motifs is 1. The second-order valence-corrected chi connectivity index (χ2v) is 10.9. The molecule has 0 aliphatic carbocycles. The number of aliphatic hydroxyl groups excluding tert-OH is 1. The van der Waals surface area contributed by atoms with Crippen molar-refractivity contribution < 1.29 is 28.9 Å². The number of ether oxygens (including phenoxy) is 3. The first-order valence-electron chi connectivity index (χ1n) is 15.1. The van der Waals surface area contributed by atoms with Crippen molar-refractivity contribution in [1.29, 1.82) is 0 Å². The van der Waals surface area contributed by atoms with E-state index in [9.17, 15) is 14.7 Å². The Hall–Kier alpha value is -4.30. The van der Waals surface area contributed by atoms with E-state index < -0.39 is 17.7 Å². The summed E-state index contributed by atoms with van der Waals surface area (Å²) < 4.78 is 17.9. The van der Waals surface area contributed by atoms with Crippen LogP contribution in [0.3, 0.4) is 0 Å². The Morgan fingerprint density at radius 3 is 2.47 bits per heavy atom. The van der Waals surface area contributed by atoms with Crippen LogP contribution in [-0.4, -0.2) is 65.5 Å². The number of carbonyl (C=O) groups is 2. The molecular formula is C35H40N2O6. The van der Waals surface area contributed by atoms with E-state index in [-0.39, 0.29) is 17.4 Å². The summed E-state index contributed by atoms with van der Waals surface area (Å²) in [6.07, 6.45) is 0.748. The van der Waals surface area contributed by atoms with Gasteiger partial charge < -0.3 is 29.1 Å². The number of aliphatic hydroxyl groups is 1. The molecule has 1 fully saturated rings. The average Bonchev–Trinajstić information content (AvgIpc) is 3.52. The lowest BCUT2D eigenvalue weighted by molar-refractivity contribution is -0.140. The SMILES string of the molecule is CCOc1cc(C2/C(=C(/O)c3ccc4c(c3)CC(C)O4)C(=O)C(=O)N2CCN(CC)CC)ccc1OCc1ccccc1. The van der Waals surface area contributed by atoms with Crippen LogP contribution in [0.5, 0.6) is 17.2 Å². The van der Waals surface area contributed by atoms with Crippen molar-refractivity contribution in [2.75, 3.05) is 32.8 Å². The standard InChI is InChI=1S/C35H40N2O6/c1-5-36(6-2)17-18-37-32(25-13-16-29(30(21-25)41-7-3)42-22-24-11-9-8-10-12-24)31(34(39)35(37)40)33(38)26-14-15-28-27(20-26)19-23(4)43-28/h8-16,20-21,23,32,38H,5-7,17-19,22H2,1-4H3/b33-31-. The summed E-state index contributed by atoms with van der Waals surface area (Å²) in [5.41, 5.74) is 3.19. The third-order valence-corrected chi connectivity index (χ3v) is 8.08. The second-order valence-electron chi connectivity index (χ2n) is 10.9. The number of hydrogen-bond donors (Lipinski definition) is 1. The number of carbonyl (C=O) groups excluding carboxylic acids is 2. The minimum Gasteiger partial charge on any atom is -0.507 e. The van der Waals surface area contributed by atoms with Gasteiger partial charge in [0, 0.05) is 25.1 Å². The van der Waals surface area contributed by atoms with Crippen LogP contribution in [0.15, 0.2) is 72.3 Å². The molecule has 0 spiro atoms. The molecule has 226 valence electrons. The van der Waals surface area contributed by atoms with Crippen molar-refractivity contribution in [3.63, 3.8) is 0 Å². The summed E-state index contributed by atoms with van der Waals surface area (Å²) in [5.74, 6) is 0.316. The lowest BCUT2D eigenvalue weighted by Gasteiger charge is -2.28. The first-order valence-corrected chi connectivity index (χ1v) is 15.1. The molecule has 2 unspecified atom stereocenters. The molecular weight excluding hydrogens is 544 g/mol. The van der Waals surface area contributed by atoms with Gasteiger partial charge in [0.2, 0.25) is 0 Å². The van der Waals surface area contributed by atoms with Crippen LogP contribution in [0.2, 0.25) is 0 Å². The average molecular weight is 585 g/mol. The number of hydrogen-bond acceptors (Lipinski definition) is 7. The number of benzene rings is 3. The molecule has 2 aliphatic heterocycles. The molecule has 1 N–H and O–H groups in total. The summed E-state index contributed by atoms with van der Waals surface area (Å²) in [5, 5.41) is 11.6. The fourth-order valence-electron chi connectivity index (χ4n) is 5.79. The van der Waals surface area contributed by atoms with Gasteiger partial charge in [-0.3, -0.25) is 9.59 Å². The fraction of sp³-hybridized carbons (Fsp3) is 0.371. The van der Waals surface area contributed by atoms with Crippen molar-refractivity contribution in [2.24, 2.45) is 0 Å². The van der Waals surface area contributed by atoms with Crippen LogP contribution < -0.4 is 14.2 Å². The molecule has 0 aromatic heterocycles. The number of amides is 1. The van der Waals surface area contributed by atoms with Gasteiger partial charge in [0.15, 0.2) is 11.5 Å². The number of likely N-dealkylation sites (tertiary alicyclic amines) is 1. The number of ketones is 1. The molecule has 43 heavy (non-hydrogen) atoms. The highest BCUT2D eigenvalue weighted by Crippen LogP contribution is 2.43. The number of nitrogens with zero attached hydrogens (tertiary/aromatic N) is 2. The summed E-state index contributed by atoms with van der Waals surface area (Å²) in [4.78, 5) is 30.9. The molecule has 0 bridgehead atoms. The van der Waals surface area contributed by atoms with Gasteiger partial charge in [-0.15, -0.1) is 0 Å². The van der Waals surface area contributed by atoms with Crippen LogP contribution >= 0.6 is 0 Å². The predicted molar refractivity (Wildman–Crippen MR) is 165 cm³/mol. The molecule has 0 saturated carbocycles. The second kappa shape index (κ2) is 13.3. The first kappa shape index (κ1) is 30.2. The maximum atomic E-state index is 13.6. The topological polar surface area (TPSA) is 88.5 Å². The Labute approximate surface area is 253 Å². The Balaban J connectivity index is 1.55. The van der Waals surface area contributed by atoms with Gasteiger partial charge in [0.1, 0.15) is 24.2 Å². The van der Waals surface area contributed by atoms with E-state index in [1.54, 1.807) is 11.0 Å². The van der Waals surface area contributed by atoms with Gasteiger partial charge in [0.25, 0.3) is 11.7 Å². The van der Waals surface area contributed by atoms with Gasteiger partial charge in [-0.05, 0) is 74.0 Å². The highest BCUT2D eigenvalue weighted by Gasteiger charge is 2.46. The maximum absolute atomic E-state index is 13.6. The van der Waals surface area contributed by atoms with E-state index in [4.69, 9.17) is 14.2 Å². The normalized spacial score (nSPS) is 19.0. The van der Waals surface area contributed by atoms with Gasteiger partial charge in [0.05, 0.1) is 18.2 Å². The van der Waals surface area contributed by atoms with Crippen molar-refractivity contribution in [1.82, 2.24) is 9.80 Å². The lowest BCUT2D eigenvalue weighted by atomic mass is 9.94. The van der Waals surface area contributed by atoms with Gasteiger partial charge in [-0.1, -0.05) is 50.2 Å². The Kier molecular flexibility index (Phi) is 9.36. The largest absolute Gasteiger partial charge is 0.507 e. The van der Waals surface area contributed by atoms with Crippen LogP contribution in [0.25, 0.3) is 5.76 Å². The molecule has 2 aliphatic rings. The third kappa shape index (κ3) is 6.39. The molecule has 8 nitrogen and oxygen atoms in total. The molecule has 1 saturated heterocycles. The van der Waals surface area contributed by atoms with Crippen LogP contribution in [-0.2, 0) is 22.6 Å². The highest BCUT2D eigenvalue weighted by molar-refractivity contribution is 6.46. The van der Waals surface area contributed by atoms with Crippen molar-refractivity contribution >= 4 is 17.4 Å². The zero-order chi connectivity index (χ0) is 30.5. The van der Waals surface area contributed by atoms with E-state index in [0.29, 0.717) is 55.4 Å². The summed E-state index contributed by atoms with van der Waals surface area (Å²) in [6.45, 7) is 11.4. The monoisotopic (exact) mass is 584 g/mol. The molecule has 2 atom stereocenters. The summed E-state index contributed by atoms with van der Waals surface area (Å²) in [6, 6.07) is 19.9. The molecule has 3 aromatic rings. The number of rotatable bonds is 12. The summed E-state index contributed by atoms with van der Waals surface area (Å²) >= 11 is 0. The van der Waals surface area contributed by atoms with Gasteiger partial charge in [-0.2, -0.15) is 0 Å². The zero-order valence-corrected chi connectivity index (χ0v) is 25.3. The maximum Gasteiger partial charge on any atom is 0.295 e. The van der Waals surface area contributed by atoms with Gasteiger partial charge in [-0.25, -0.2) is 0 Å². The molecule has 0 radical (unpaired) electrons. The van der Waals surface area contributed by atoms with Gasteiger partial charge >= 0.3 is 0 Å². The quantitative estimate of drug-likeness (QED) is 0.165. The van der Waals surface area contributed by atoms with E-state index >= 15 is 0 Å². The molecule has 8 heteroatoms. The van der Waals surface area contributed by atoms with Crippen molar-refractivity contribution in [2.45, 2.75) is 52.9 Å². The van der Waals surface area contributed by atoms with Crippen LogP contribution in [0.4, 0.5) is 0 Å². The number of Topliss-reactive ketones (excluding diaryl/α,β-unsaturated/α-hetero) is 1. The molecule has 3 aromatic carbocycles. The highest BCUT2D eigenvalue weighted by atomic mass is 16.5. The Morgan fingerprint density at radius 2 is 1.74 bits per heavy atom. The van der Waals surface area contributed by atoms with E-state index in [1.807, 2.05) is 74.5 Å². The third-order valence-electron chi connectivity index (χ3n) is 8.08. The van der Waals surface area contributed by atoms with Crippen LogP contribution in [0.1, 0.15) is 56.0 Å². The first-order chi connectivity index (χ1) is 20.8. The Bertz CT molecular complexity index is 1500. The van der Waals surface area contributed by atoms with Crippen molar-refractivity contribution in [3.05, 3.63) is 94.6 Å². The van der Waals surface area contributed by atoms with E-state index in [1.165, 1.54) is 0 Å². The minimum absolute atomic E-state index is 0.0395. The zero-order valence-electron chi connectivity index (χ0n) is 25.3. The molecule has 5 rings (SSSR count). The minimum atomic E-state index is -0.790. The van der Waals surface area contributed by atoms with Crippen molar-refractivity contribution in [3.8, 4) is 17.2 Å². The summed E-state index contributed by atoms with van der Waals surface area (Å²) in [7, 11) is 0. The van der Waals surface area contributed by atoms with E-state index in [2.05, 4.69) is 18.7 Å². The smallest absolute Gasteiger partial charge is 0.295 e. The lowest BCUT2D eigenvalue weighted by Crippen LogP contribution is -2.38. The van der Waals surface area contributed by atoms with Crippen LogP contribution in [0, 0.1) is 0 Å². The molecule has 1 amide bonds. The van der Waals surface area contributed by atoms with E-state index in [0.717, 1.165) is 30.0 Å². The fourth-order valence-corrected chi connectivity index (χ4v) is 5.79. The predicted octanol–water partition coefficient (Wildman–Crippen LogP) is 5.75. The number of likely N-dealkylation sites (N-methyl/N-ethyl adjacent to an activating group) is 1. The molecule has 2 heterocycles. The Morgan fingerprint density at radius 1 is 0.977 bits per heavy atom.